The van der Waals surface area contributed by atoms with E-state index in [9.17, 15) is 24.0 Å². The van der Waals surface area contributed by atoms with Crippen LogP contribution in [0.5, 0.6) is 0 Å². The van der Waals surface area contributed by atoms with E-state index in [1.54, 1.807) is 16.7 Å². The molecule has 2 aliphatic heterocycles. The molecular weight excluding hydrogens is 672 g/mol. The molecule has 53 heavy (non-hydrogen) atoms. The van der Waals surface area contributed by atoms with Crippen molar-refractivity contribution in [1.82, 2.24) is 25.8 Å². The molecule has 0 saturated carbocycles. The fraction of sp³-hybridized carbons (Fsp3) is 0.575. The van der Waals surface area contributed by atoms with Crippen molar-refractivity contribution in [1.29, 1.82) is 0 Å². The predicted molar refractivity (Wildman–Crippen MR) is 205 cm³/mol. The third-order valence-corrected chi connectivity index (χ3v) is 10.3. The lowest BCUT2D eigenvalue weighted by atomic mass is 9.71. The van der Waals surface area contributed by atoms with Gasteiger partial charge in [-0.05, 0) is 75.5 Å². The lowest BCUT2D eigenvalue weighted by molar-refractivity contribution is -0.152. The molecule has 13 nitrogen and oxygen atoms in total. The zero-order valence-electron chi connectivity index (χ0n) is 31.6. The Morgan fingerprint density at radius 1 is 0.679 bits per heavy atom. The second kappa shape index (κ2) is 19.7. The van der Waals surface area contributed by atoms with E-state index in [4.69, 9.17) is 17.2 Å². The van der Waals surface area contributed by atoms with Crippen molar-refractivity contribution in [2.45, 2.75) is 102 Å². The Balaban J connectivity index is 1.44. The highest BCUT2D eigenvalue weighted by molar-refractivity contribution is 5.95. The number of carbonyl (C=O) groups is 5. The molecule has 4 rings (SSSR count). The normalized spacial score (nSPS) is 17.9. The molecule has 1 spiro atoms. The van der Waals surface area contributed by atoms with Gasteiger partial charge < -0.3 is 43.0 Å². The first-order valence-corrected chi connectivity index (χ1v) is 19.1. The van der Waals surface area contributed by atoms with E-state index < -0.39 is 47.9 Å². The molecule has 13 heteroatoms. The zero-order chi connectivity index (χ0) is 38.5. The van der Waals surface area contributed by atoms with Gasteiger partial charge in [0.2, 0.25) is 29.5 Å². The first-order chi connectivity index (χ1) is 25.3. The molecule has 0 aliphatic carbocycles. The lowest BCUT2D eigenvalue weighted by Gasteiger charge is -2.54. The number of unbranched alkanes of at least 4 members (excludes halogenated alkanes) is 1. The number of amides is 5. The summed E-state index contributed by atoms with van der Waals surface area (Å²) < 4.78 is 0. The van der Waals surface area contributed by atoms with Crippen LogP contribution in [0.4, 0.5) is 0 Å². The van der Waals surface area contributed by atoms with E-state index in [-0.39, 0.29) is 29.6 Å². The standard InChI is InChI=1S/C40H60N8O5/c1-27(2)22-33(46-37(51)34(24-30-14-8-5-9-15-30)45-35(49)31(43)23-29-12-6-4-7-13-29)36(50)44-32(16-10-11-19-41)39(53)47-20-17-40(18-21-47)25-48(26-40)38(52)28(3)42/h4-9,12-15,27-28,31-34H,10-11,16-26,41-43H2,1-3H3,(H,44,50)(H,45,49)(H,46,51). The van der Waals surface area contributed by atoms with E-state index in [0.29, 0.717) is 64.8 Å². The molecule has 0 radical (unpaired) electrons. The summed E-state index contributed by atoms with van der Waals surface area (Å²) in [4.78, 5) is 71.1. The van der Waals surface area contributed by atoms with Gasteiger partial charge in [-0.3, -0.25) is 24.0 Å². The Bertz CT molecular complexity index is 1510. The third kappa shape index (κ3) is 12.1. The van der Waals surface area contributed by atoms with Crippen molar-refractivity contribution in [3.8, 4) is 0 Å². The van der Waals surface area contributed by atoms with E-state index in [2.05, 4.69) is 16.0 Å². The Morgan fingerprint density at radius 3 is 1.75 bits per heavy atom. The molecule has 9 N–H and O–H groups in total. The van der Waals surface area contributed by atoms with Gasteiger partial charge in [0.25, 0.3) is 0 Å². The topological polar surface area (TPSA) is 206 Å². The van der Waals surface area contributed by atoms with Gasteiger partial charge >= 0.3 is 0 Å². The summed E-state index contributed by atoms with van der Waals surface area (Å²) in [5.74, 6) is -1.63. The predicted octanol–water partition coefficient (Wildman–Crippen LogP) is 1.23. The summed E-state index contributed by atoms with van der Waals surface area (Å²) in [5.41, 5.74) is 19.6. The Morgan fingerprint density at radius 2 is 1.21 bits per heavy atom. The van der Waals surface area contributed by atoms with Gasteiger partial charge in [-0.2, -0.15) is 0 Å². The summed E-state index contributed by atoms with van der Waals surface area (Å²) in [5, 5.41) is 8.73. The summed E-state index contributed by atoms with van der Waals surface area (Å²) >= 11 is 0. The highest BCUT2D eigenvalue weighted by Gasteiger charge is 2.48. The highest BCUT2D eigenvalue weighted by atomic mass is 16.2. The van der Waals surface area contributed by atoms with Crippen molar-refractivity contribution in [2.24, 2.45) is 28.5 Å². The van der Waals surface area contributed by atoms with E-state index in [0.717, 1.165) is 24.0 Å². The molecule has 5 unspecified atom stereocenters. The average molecular weight is 733 g/mol. The van der Waals surface area contributed by atoms with Crippen molar-refractivity contribution < 1.29 is 24.0 Å². The van der Waals surface area contributed by atoms with E-state index in [1.807, 2.05) is 74.5 Å². The first kappa shape index (κ1) is 41.4. The minimum absolute atomic E-state index is 0.0105. The molecule has 2 heterocycles. The van der Waals surface area contributed by atoms with Crippen molar-refractivity contribution in [3.63, 3.8) is 0 Å². The van der Waals surface area contributed by atoms with E-state index >= 15 is 0 Å². The summed E-state index contributed by atoms with van der Waals surface area (Å²) in [7, 11) is 0. The summed E-state index contributed by atoms with van der Waals surface area (Å²) in [6.45, 7) is 8.41. The zero-order valence-corrected chi connectivity index (χ0v) is 31.6. The van der Waals surface area contributed by atoms with Gasteiger partial charge in [0.05, 0.1) is 12.1 Å². The van der Waals surface area contributed by atoms with Crippen molar-refractivity contribution >= 4 is 29.5 Å². The number of likely N-dealkylation sites (tertiary alicyclic amines) is 2. The monoisotopic (exact) mass is 732 g/mol. The van der Waals surface area contributed by atoms with Crippen LogP contribution in [0.15, 0.2) is 60.7 Å². The first-order valence-electron chi connectivity index (χ1n) is 19.1. The van der Waals surface area contributed by atoms with Crippen LogP contribution in [-0.4, -0.2) is 102 Å². The highest BCUT2D eigenvalue weighted by Crippen LogP contribution is 2.40. The number of hydrogen-bond donors (Lipinski definition) is 6. The lowest BCUT2D eigenvalue weighted by Crippen LogP contribution is -2.65. The van der Waals surface area contributed by atoms with Gasteiger partial charge in [-0.1, -0.05) is 74.5 Å². The number of hydrogen-bond acceptors (Lipinski definition) is 8. The van der Waals surface area contributed by atoms with Crippen molar-refractivity contribution in [2.75, 3.05) is 32.7 Å². The maximum absolute atomic E-state index is 14.0. The van der Waals surface area contributed by atoms with Gasteiger partial charge in [0.1, 0.15) is 18.1 Å². The SMILES string of the molecule is CC(C)CC(NC(=O)C(Cc1ccccc1)NC(=O)C(N)Cc1ccccc1)C(=O)NC(CCCCN)C(=O)N1CCC2(CC1)CN(C(=O)C(C)N)C2. The van der Waals surface area contributed by atoms with Gasteiger partial charge in [0, 0.05) is 38.0 Å². The van der Waals surface area contributed by atoms with E-state index in [1.165, 1.54) is 0 Å². The van der Waals surface area contributed by atoms with Crippen LogP contribution in [0, 0.1) is 11.3 Å². The molecule has 5 atom stereocenters. The quantitative estimate of drug-likeness (QED) is 0.123. The van der Waals surface area contributed by atoms with Crippen molar-refractivity contribution in [3.05, 3.63) is 71.8 Å². The number of carbonyl (C=O) groups excluding carboxylic acids is 5. The molecule has 2 saturated heterocycles. The van der Waals surface area contributed by atoms with Gasteiger partial charge in [0.15, 0.2) is 0 Å². The average Bonchev–Trinajstić information content (AvgIpc) is 3.12. The molecule has 2 aromatic rings. The number of nitrogens with two attached hydrogens (primary N) is 3. The fourth-order valence-electron chi connectivity index (χ4n) is 7.24. The number of piperidine rings is 1. The van der Waals surface area contributed by atoms with Crippen LogP contribution < -0.4 is 33.2 Å². The van der Waals surface area contributed by atoms with Crippen LogP contribution in [0.2, 0.25) is 0 Å². The largest absolute Gasteiger partial charge is 0.343 e. The summed E-state index contributed by atoms with van der Waals surface area (Å²) in [6, 6.07) is 14.6. The molecular formula is C40H60N8O5. The van der Waals surface area contributed by atoms with Crippen LogP contribution in [0.25, 0.3) is 0 Å². The van der Waals surface area contributed by atoms with Crippen LogP contribution in [0.3, 0.4) is 0 Å². The van der Waals surface area contributed by atoms with Gasteiger partial charge in [-0.25, -0.2) is 0 Å². The Labute approximate surface area is 314 Å². The smallest absolute Gasteiger partial charge is 0.245 e. The molecule has 5 amide bonds. The minimum Gasteiger partial charge on any atom is -0.343 e. The molecule has 0 bridgehead atoms. The third-order valence-electron chi connectivity index (χ3n) is 10.3. The minimum atomic E-state index is -0.998. The number of benzene rings is 2. The Hall–Kier alpha value is -4.33. The number of rotatable bonds is 18. The molecule has 2 aliphatic rings. The Kier molecular flexibility index (Phi) is 15.4. The molecule has 2 fully saturated rings. The van der Waals surface area contributed by atoms with Gasteiger partial charge in [-0.15, -0.1) is 0 Å². The molecule has 290 valence electrons. The maximum atomic E-state index is 14.0. The molecule has 0 aromatic heterocycles. The fourth-order valence-corrected chi connectivity index (χ4v) is 7.24. The van der Waals surface area contributed by atoms with Crippen LogP contribution in [0.1, 0.15) is 70.4 Å². The van der Waals surface area contributed by atoms with Crippen LogP contribution >= 0.6 is 0 Å². The second-order valence-electron chi connectivity index (χ2n) is 15.4. The second-order valence-corrected chi connectivity index (χ2v) is 15.4. The maximum Gasteiger partial charge on any atom is 0.245 e. The number of nitrogens with one attached hydrogen (secondary N) is 3. The summed E-state index contributed by atoms with van der Waals surface area (Å²) in [6.07, 6.45) is 4.11. The molecule has 2 aromatic carbocycles. The number of nitrogens with zero attached hydrogens (tertiary/aromatic N) is 2. The van der Waals surface area contributed by atoms with Crippen LogP contribution in [-0.2, 0) is 36.8 Å².